The lowest BCUT2D eigenvalue weighted by Gasteiger charge is -2.12. The zero-order valence-electron chi connectivity index (χ0n) is 6.32. The van der Waals surface area contributed by atoms with Gasteiger partial charge in [0.05, 0.1) is 5.56 Å². The minimum absolute atomic E-state index is 0.00991. The highest BCUT2D eigenvalue weighted by molar-refractivity contribution is 14.1. The molecule has 0 heterocycles. The van der Waals surface area contributed by atoms with E-state index >= 15 is 0 Å². The van der Waals surface area contributed by atoms with Crippen molar-refractivity contribution in [1.82, 2.24) is 0 Å². The Bertz CT molecular complexity index is 339. The molecule has 6 heteroatoms. The van der Waals surface area contributed by atoms with Crippen molar-refractivity contribution < 1.29 is 20.3 Å². The summed E-state index contributed by atoms with van der Waals surface area (Å²) in [5, 5.41) is 26.6. The molecule has 3 N–H and O–H groups in total. The van der Waals surface area contributed by atoms with Gasteiger partial charge in [0.15, 0.2) is 5.69 Å². The molecule has 5 nitrogen and oxygen atoms in total. The number of halogens is 1. The molecule has 0 saturated heterocycles. The fourth-order valence-corrected chi connectivity index (χ4v) is 1.51. The Morgan fingerprint density at radius 3 is 2.54 bits per heavy atom. The first kappa shape index (κ1) is 10.4. The van der Waals surface area contributed by atoms with Gasteiger partial charge >= 0.3 is 5.97 Å². The number of rotatable bonds is 2. The third-order valence-corrected chi connectivity index (χ3v) is 2.01. The Balaban J connectivity index is 3.19. The van der Waals surface area contributed by atoms with Gasteiger partial charge in [-0.1, -0.05) is 0 Å². The number of quaternary nitrogens is 1. The monoisotopic (exact) mass is 295 g/mol. The highest BCUT2D eigenvalue weighted by atomic mass is 127. The summed E-state index contributed by atoms with van der Waals surface area (Å²) in [4.78, 5) is 10.5. The molecule has 0 spiro atoms. The second-order valence-electron chi connectivity index (χ2n) is 2.34. The van der Waals surface area contributed by atoms with Crippen LogP contribution in [0.3, 0.4) is 0 Å². The smallest absolute Gasteiger partial charge is 0.335 e. The minimum Gasteiger partial charge on any atom is -0.595 e. The van der Waals surface area contributed by atoms with E-state index in [0.717, 1.165) is 6.07 Å². The number of benzene rings is 1. The van der Waals surface area contributed by atoms with Crippen molar-refractivity contribution in [3.8, 4) is 0 Å². The van der Waals surface area contributed by atoms with E-state index in [0.29, 0.717) is 3.57 Å². The van der Waals surface area contributed by atoms with Crippen LogP contribution in [0, 0.1) is 8.78 Å². The predicted octanol–water partition coefficient (Wildman–Crippen LogP) is 0.393. The second-order valence-corrected chi connectivity index (χ2v) is 3.58. The molecule has 13 heavy (non-hydrogen) atoms. The average molecular weight is 295 g/mol. The average Bonchev–Trinajstić information content (AvgIpc) is 2.03. The van der Waals surface area contributed by atoms with Gasteiger partial charge in [-0.05, 0) is 28.7 Å². The van der Waals surface area contributed by atoms with Gasteiger partial charge in [0.1, 0.15) is 0 Å². The first-order valence-corrected chi connectivity index (χ1v) is 4.36. The van der Waals surface area contributed by atoms with Crippen LogP contribution < -0.4 is 5.23 Å². The van der Waals surface area contributed by atoms with Crippen molar-refractivity contribution >= 4 is 34.2 Å². The van der Waals surface area contributed by atoms with E-state index in [4.69, 9.17) is 10.3 Å². The first-order chi connectivity index (χ1) is 6.00. The molecular formula is C7H6INO4. The Hall–Kier alpha value is -0.700. The highest BCUT2D eigenvalue weighted by Crippen LogP contribution is 2.13. The van der Waals surface area contributed by atoms with E-state index in [1.54, 1.807) is 0 Å². The lowest BCUT2D eigenvalue weighted by molar-refractivity contribution is -0.991. The first-order valence-electron chi connectivity index (χ1n) is 3.28. The maximum Gasteiger partial charge on any atom is 0.335 e. The third-order valence-electron chi connectivity index (χ3n) is 1.39. The lowest BCUT2D eigenvalue weighted by atomic mass is 10.2. The number of nitrogens with one attached hydrogen (secondary N) is 1. The van der Waals surface area contributed by atoms with E-state index in [1.807, 2.05) is 22.6 Å². The highest BCUT2D eigenvalue weighted by Gasteiger charge is 2.09. The number of hydrogen-bond acceptors (Lipinski definition) is 3. The van der Waals surface area contributed by atoms with Gasteiger partial charge < -0.3 is 10.3 Å². The lowest BCUT2D eigenvalue weighted by Crippen LogP contribution is -2.99. The molecular weight excluding hydrogens is 289 g/mol. The normalized spacial score (nSPS) is 12.5. The summed E-state index contributed by atoms with van der Waals surface area (Å²) in [7, 11) is 0. The van der Waals surface area contributed by atoms with Gasteiger partial charge in [0.25, 0.3) is 0 Å². The Morgan fingerprint density at radius 2 is 2.08 bits per heavy atom. The van der Waals surface area contributed by atoms with Gasteiger partial charge in [0.2, 0.25) is 0 Å². The maximum atomic E-state index is 10.5. The molecule has 0 fully saturated rings. The quantitative estimate of drug-likeness (QED) is 0.544. The van der Waals surface area contributed by atoms with Crippen molar-refractivity contribution in [1.29, 1.82) is 0 Å². The minimum atomic E-state index is -1.12. The van der Waals surface area contributed by atoms with Crippen LogP contribution in [0.25, 0.3) is 0 Å². The molecule has 1 rings (SSSR count). The van der Waals surface area contributed by atoms with Crippen molar-refractivity contribution in [2.24, 2.45) is 0 Å². The number of carboxylic acid groups (broad SMARTS) is 1. The van der Waals surface area contributed by atoms with Gasteiger partial charge in [-0.3, -0.25) is 0 Å². The Kier molecular flexibility index (Phi) is 3.20. The van der Waals surface area contributed by atoms with Gasteiger partial charge in [-0.25, -0.2) is 10.0 Å². The molecule has 0 amide bonds. The van der Waals surface area contributed by atoms with Crippen LogP contribution in [-0.4, -0.2) is 16.3 Å². The molecule has 0 bridgehead atoms. The molecule has 0 aliphatic heterocycles. The fraction of sp³-hybridized carbons (Fsp3) is 0. The third kappa shape index (κ3) is 2.62. The molecule has 1 atom stereocenters. The SMILES string of the molecule is O=C(O)c1cc(I)cc([NH+]([O-])O)c1. The summed E-state index contributed by atoms with van der Waals surface area (Å²) in [5.41, 5.74) is -0.0198. The summed E-state index contributed by atoms with van der Waals surface area (Å²) in [5.74, 6) is -1.12. The van der Waals surface area contributed by atoms with Crippen LogP contribution in [0.15, 0.2) is 18.2 Å². The zero-order valence-corrected chi connectivity index (χ0v) is 8.48. The second kappa shape index (κ2) is 4.01. The van der Waals surface area contributed by atoms with Crippen LogP contribution in [-0.2, 0) is 0 Å². The molecule has 0 radical (unpaired) electrons. The molecule has 0 aliphatic rings. The topological polar surface area (TPSA) is 85.0 Å². The van der Waals surface area contributed by atoms with Gasteiger partial charge in [0, 0.05) is 15.7 Å². The number of hydrogen-bond donors (Lipinski definition) is 3. The zero-order chi connectivity index (χ0) is 10.0. The van der Waals surface area contributed by atoms with E-state index in [-0.39, 0.29) is 11.3 Å². The van der Waals surface area contributed by atoms with Crippen molar-refractivity contribution in [2.45, 2.75) is 0 Å². The number of aromatic carboxylic acids is 1. The van der Waals surface area contributed by atoms with Crippen LogP contribution in [0.5, 0.6) is 0 Å². The molecule has 1 aromatic rings. The summed E-state index contributed by atoms with van der Waals surface area (Å²) in [6.45, 7) is 0. The largest absolute Gasteiger partial charge is 0.595 e. The fourth-order valence-electron chi connectivity index (χ4n) is 0.837. The van der Waals surface area contributed by atoms with Crippen LogP contribution in [0.2, 0.25) is 0 Å². The van der Waals surface area contributed by atoms with Gasteiger partial charge in [-0.15, -0.1) is 0 Å². The van der Waals surface area contributed by atoms with E-state index in [2.05, 4.69) is 0 Å². The Morgan fingerprint density at radius 1 is 1.46 bits per heavy atom. The summed E-state index contributed by atoms with van der Waals surface area (Å²) in [6.07, 6.45) is 0. The van der Waals surface area contributed by atoms with Crippen molar-refractivity contribution in [3.05, 3.63) is 32.5 Å². The van der Waals surface area contributed by atoms with E-state index in [9.17, 15) is 10.0 Å². The van der Waals surface area contributed by atoms with E-state index < -0.39 is 11.2 Å². The summed E-state index contributed by atoms with van der Waals surface area (Å²) >= 11 is 1.87. The molecule has 1 aromatic carbocycles. The number of carbonyl (C=O) groups is 1. The Labute approximate surface area is 87.3 Å². The molecule has 1 unspecified atom stereocenters. The van der Waals surface area contributed by atoms with Gasteiger partial charge in [-0.2, -0.15) is 5.23 Å². The molecule has 70 valence electrons. The standard InChI is InChI=1S/C7H6INO4/c8-5-1-4(7(10)11)2-6(3-5)9(12)13/h1-3,9,12H,(H,10,11). The number of carboxylic acids is 1. The molecule has 0 aromatic heterocycles. The van der Waals surface area contributed by atoms with Crippen LogP contribution in [0.4, 0.5) is 5.69 Å². The van der Waals surface area contributed by atoms with Crippen LogP contribution >= 0.6 is 22.6 Å². The van der Waals surface area contributed by atoms with Crippen molar-refractivity contribution in [3.63, 3.8) is 0 Å². The maximum absolute atomic E-state index is 10.5. The molecule has 0 aliphatic carbocycles. The predicted molar refractivity (Wildman–Crippen MR) is 51.9 cm³/mol. The summed E-state index contributed by atoms with van der Waals surface area (Å²) < 4.78 is 0.593. The summed E-state index contributed by atoms with van der Waals surface area (Å²) in [6, 6.07) is 3.96. The molecule has 0 saturated carbocycles. The van der Waals surface area contributed by atoms with E-state index in [1.165, 1.54) is 12.1 Å². The van der Waals surface area contributed by atoms with Crippen LogP contribution in [0.1, 0.15) is 10.4 Å². The van der Waals surface area contributed by atoms with Crippen molar-refractivity contribution in [2.75, 3.05) is 0 Å².